The zero-order valence-corrected chi connectivity index (χ0v) is 17.7. The van der Waals surface area contributed by atoms with Crippen LogP contribution in [-0.4, -0.2) is 51.8 Å². The fourth-order valence-electron chi connectivity index (χ4n) is 2.81. The molecule has 1 amide bonds. The fourth-order valence-corrected chi connectivity index (χ4v) is 3.05. The van der Waals surface area contributed by atoms with Gasteiger partial charge in [-0.2, -0.15) is 0 Å². The van der Waals surface area contributed by atoms with Gasteiger partial charge >= 0.3 is 0 Å². The van der Waals surface area contributed by atoms with Crippen molar-refractivity contribution in [3.63, 3.8) is 0 Å². The maximum absolute atomic E-state index is 12.4. The van der Waals surface area contributed by atoms with Crippen LogP contribution in [0.5, 0.6) is 17.2 Å². The number of hydrogen-bond donors (Lipinski definition) is 1. The van der Waals surface area contributed by atoms with E-state index >= 15 is 0 Å². The van der Waals surface area contributed by atoms with Gasteiger partial charge in [-0.3, -0.25) is 9.69 Å². The van der Waals surface area contributed by atoms with Crippen molar-refractivity contribution in [1.29, 1.82) is 0 Å². The van der Waals surface area contributed by atoms with Gasteiger partial charge in [-0.15, -0.1) is 0 Å². The smallest absolute Gasteiger partial charge is 0.238 e. The molecule has 1 N–H and O–H groups in total. The van der Waals surface area contributed by atoms with Crippen LogP contribution < -0.4 is 19.5 Å². The minimum Gasteiger partial charge on any atom is -0.495 e. The number of likely N-dealkylation sites (N-methyl/N-ethyl adjacent to an activating group) is 1. The second-order valence-corrected chi connectivity index (χ2v) is 7.05. The molecule has 2 aromatic rings. The molecule has 2 rings (SSSR count). The maximum atomic E-state index is 12.4. The highest BCUT2D eigenvalue weighted by Gasteiger charge is 2.14. The number of halogens is 1. The Hall–Kier alpha value is -2.44. The minimum absolute atomic E-state index is 0.173. The number of rotatable bonds is 9. The van der Waals surface area contributed by atoms with Crippen molar-refractivity contribution in [3.05, 3.63) is 46.5 Å². The lowest BCUT2D eigenvalue weighted by Crippen LogP contribution is -2.33. The third kappa shape index (κ3) is 6.32. The van der Waals surface area contributed by atoms with Gasteiger partial charge in [-0.05, 0) is 50.2 Å². The van der Waals surface area contributed by atoms with Crippen LogP contribution in [0.4, 0.5) is 5.69 Å². The Labute approximate surface area is 171 Å². The summed E-state index contributed by atoms with van der Waals surface area (Å²) in [5.74, 6) is 1.63. The molecule has 28 heavy (non-hydrogen) atoms. The number of methoxy groups -OCH3 is 2. The highest BCUT2D eigenvalue weighted by atomic mass is 35.5. The first-order valence-electron chi connectivity index (χ1n) is 8.93. The van der Waals surface area contributed by atoms with Crippen LogP contribution >= 0.6 is 11.6 Å². The van der Waals surface area contributed by atoms with E-state index in [1.54, 1.807) is 12.1 Å². The molecule has 0 fully saturated rings. The Balaban J connectivity index is 1.86. The number of carbonyl (C=O) groups is 1. The molecule has 0 aliphatic heterocycles. The van der Waals surface area contributed by atoms with E-state index in [9.17, 15) is 4.79 Å². The van der Waals surface area contributed by atoms with E-state index in [2.05, 4.69) is 11.4 Å². The van der Waals surface area contributed by atoms with Crippen LogP contribution in [0.3, 0.4) is 0 Å². The summed E-state index contributed by atoms with van der Waals surface area (Å²) in [5, 5.41) is 3.22. The molecule has 0 saturated heterocycles. The standard InChI is InChI=1S/C21H27ClN2O4/c1-14-8-15(2)10-16(9-14)28-7-6-24(3)13-21(25)23-18-11-17(22)19(26-4)12-20(18)27-5/h8-12H,6-7,13H2,1-5H3,(H,23,25). The van der Waals surface area contributed by atoms with E-state index in [1.165, 1.54) is 14.2 Å². The Bertz CT molecular complexity index is 806. The number of carbonyl (C=O) groups excluding carboxylic acids is 1. The van der Waals surface area contributed by atoms with Gasteiger partial charge in [-0.25, -0.2) is 0 Å². The van der Waals surface area contributed by atoms with Crippen LogP contribution in [0.25, 0.3) is 0 Å². The van der Waals surface area contributed by atoms with Crippen LogP contribution in [0.15, 0.2) is 30.3 Å². The fraction of sp³-hybridized carbons (Fsp3) is 0.381. The molecular formula is C21H27ClN2O4. The molecule has 0 bridgehead atoms. The molecule has 0 heterocycles. The number of benzene rings is 2. The monoisotopic (exact) mass is 406 g/mol. The molecule has 0 saturated carbocycles. The quantitative estimate of drug-likeness (QED) is 0.683. The number of aryl methyl sites for hydroxylation is 2. The van der Waals surface area contributed by atoms with E-state index < -0.39 is 0 Å². The van der Waals surface area contributed by atoms with Gasteiger partial charge in [0.25, 0.3) is 0 Å². The number of hydrogen-bond acceptors (Lipinski definition) is 5. The van der Waals surface area contributed by atoms with Crippen LogP contribution in [0.2, 0.25) is 5.02 Å². The summed E-state index contributed by atoms with van der Waals surface area (Å²) < 4.78 is 16.2. The van der Waals surface area contributed by atoms with Gasteiger partial charge in [-0.1, -0.05) is 17.7 Å². The highest BCUT2D eigenvalue weighted by molar-refractivity contribution is 6.32. The average molecular weight is 407 g/mol. The first-order chi connectivity index (χ1) is 13.3. The summed E-state index contributed by atoms with van der Waals surface area (Å²) in [6, 6.07) is 9.35. The zero-order valence-electron chi connectivity index (χ0n) is 17.0. The lowest BCUT2D eigenvalue weighted by molar-refractivity contribution is -0.117. The Kier molecular flexibility index (Phi) is 7.96. The Morgan fingerprint density at radius 2 is 1.68 bits per heavy atom. The summed E-state index contributed by atoms with van der Waals surface area (Å²) in [6.45, 7) is 5.39. The largest absolute Gasteiger partial charge is 0.495 e. The molecule has 7 heteroatoms. The maximum Gasteiger partial charge on any atom is 0.238 e. The molecule has 0 aliphatic rings. The first-order valence-corrected chi connectivity index (χ1v) is 9.31. The van der Waals surface area contributed by atoms with Crippen molar-refractivity contribution in [3.8, 4) is 17.2 Å². The van der Waals surface area contributed by atoms with Crippen molar-refractivity contribution in [2.45, 2.75) is 13.8 Å². The van der Waals surface area contributed by atoms with E-state index in [-0.39, 0.29) is 12.5 Å². The molecule has 152 valence electrons. The van der Waals surface area contributed by atoms with Gasteiger partial charge in [0.05, 0.1) is 31.5 Å². The van der Waals surface area contributed by atoms with Crippen molar-refractivity contribution < 1.29 is 19.0 Å². The molecule has 6 nitrogen and oxygen atoms in total. The second kappa shape index (κ2) is 10.2. The second-order valence-electron chi connectivity index (χ2n) is 6.64. The summed E-state index contributed by atoms with van der Waals surface area (Å²) in [5.41, 5.74) is 2.82. The Morgan fingerprint density at radius 1 is 1.04 bits per heavy atom. The van der Waals surface area contributed by atoms with Crippen LogP contribution in [0, 0.1) is 13.8 Å². The van der Waals surface area contributed by atoms with Crippen LogP contribution in [-0.2, 0) is 4.79 Å². The van der Waals surface area contributed by atoms with Gasteiger partial charge in [0.2, 0.25) is 5.91 Å². The Morgan fingerprint density at radius 3 is 2.29 bits per heavy atom. The molecule has 0 unspecified atom stereocenters. The molecule has 0 aliphatic carbocycles. The molecular weight excluding hydrogens is 380 g/mol. The van der Waals surface area contributed by atoms with Gasteiger partial charge in [0.15, 0.2) is 0 Å². The van der Waals surface area contributed by atoms with Crippen molar-refractivity contribution >= 4 is 23.2 Å². The molecule has 0 spiro atoms. The normalized spacial score (nSPS) is 10.7. The van der Waals surface area contributed by atoms with Crippen molar-refractivity contribution in [1.82, 2.24) is 4.90 Å². The molecule has 0 aromatic heterocycles. The summed E-state index contributed by atoms with van der Waals surface area (Å²) in [4.78, 5) is 14.2. The SMILES string of the molecule is COc1cc(OC)c(NC(=O)CN(C)CCOc2cc(C)cc(C)c2)cc1Cl. The predicted molar refractivity (Wildman–Crippen MR) is 112 cm³/mol. The van der Waals surface area contributed by atoms with Crippen molar-refractivity contribution in [2.24, 2.45) is 0 Å². The highest BCUT2D eigenvalue weighted by Crippen LogP contribution is 2.35. The van der Waals surface area contributed by atoms with Crippen molar-refractivity contribution in [2.75, 3.05) is 46.3 Å². The van der Waals surface area contributed by atoms with E-state index in [4.69, 9.17) is 25.8 Å². The molecule has 0 atom stereocenters. The third-order valence-corrected chi connectivity index (χ3v) is 4.39. The van der Waals surface area contributed by atoms with Gasteiger partial charge in [0, 0.05) is 12.6 Å². The topological polar surface area (TPSA) is 60.0 Å². The summed E-state index contributed by atoms with van der Waals surface area (Å²) in [7, 11) is 4.91. The van der Waals surface area contributed by atoms with E-state index in [1.807, 2.05) is 37.9 Å². The van der Waals surface area contributed by atoms with E-state index in [0.717, 1.165) is 16.9 Å². The number of nitrogens with one attached hydrogen (secondary N) is 1. The lowest BCUT2D eigenvalue weighted by Gasteiger charge is -2.18. The number of ether oxygens (including phenoxy) is 3. The van der Waals surface area contributed by atoms with Crippen LogP contribution in [0.1, 0.15) is 11.1 Å². The number of amides is 1. The molecule has 0 radical (unpaired) electrons. The summed E-state index contributed by atoms with van der Waals surface area (Å²) in [6.07, 6.45) is 0. The minimum atomic E-state index is -0.173. The number of nitrogens with zero attached hydrogens (tertiary/aromatic N) is 1. The molecule has 2 aromatic carbocycles. The predicted octanol–water partition coefficient (Wildman–Crippen LogP) is 3.92. The van der Waals surface area contributed by atoms with Gasteiger partial charge in [0.1, 0.15) is 23.9 Å². The third-order valence-electron chi connectivity index (χ3n) is 4.10. The summed E-state index contributed by atoms with van der Waals surface area (Å²) >= 11 is 6.14. The van der Waals surface area contributed by atoms with E-state index in [0.29, 0.717) is 35.4 Å². The lowest BCUT2D eigenvalue weighted by atomic mass is 10.1. The zero-order chi connectivity index (χ0) is 20.7. The average Bonchev–Trinajstić information content (AvgIpc) is 2.61. The number of anilines is 1. The first kappa shape index (κ1) is 21.9. The van der Waals surface area contributed by atoms with Gasteiger partial charge < -0.3 is 19.5 Å².